The van der Waals surface area contributed by atoms with E-state index in [1.807, 2.05) is 0 Å². The molecule has 0 aromatic carbocycles. The highest BCUT2D eigenvalue weighted by molar-refractivity contribution is 5.85. The minimum Gasteiger partial charge on any atom is -0.480 e. The van der Waals surface area contributed by atoms with Crippen LogP contribution in [-0.2, 0) is 14.3 Å². The van der Waals surface area contributed by atoms with Gasteiger partial charge in [0, 0.05) is 13.1 Å². The van der Waals surface area contributed by atoms with E-state index in [9.17, 15) is 19.5 Å². The van der Waals surface area contributed by atoms with Crippen LogP contribution in [0.4, 0.5) is 9.59 Å². The Morgan fingerprint density at radius 1 is 1.30 bits per heavy atom. The van der Waals surface area contributed by atoms with E-state index < -0.39 is 29.3 Å². The molecule has 2 N–H and O–H groups in total. The maximum absolute atomic E-state index is 12.0. The van der Waals surface area contributed by atoms with Crippen LogP contribution in [0.3, 0.4) is 0 Å². The van der Waals surface area contributed by atoms with E-state index in [0.717, 1.165) is 0 Å². The highest BCUT2D eigenvalue weighted by atomic mass is 16.6. The number of alkyl carbamates (subject to hydrolysis) is 1. The zero-order valence-corrected chi connectivity index (χ0v) is 13.8. The molecule has 8 heteroatoms. The molecule has 23 heavy (non-hydrogen) atoms. The number of likely N-dealkylation sites (tertiary alicyclic amines) is 1. The number of aliphatic carboxylic acids is 1. The lowest BCUT2D eigenvalue weighted by atomic mass is 9.88. The van der Waals surface area contributed by atoms with Gasteiger partial charge in [0.25, 0.3) is 0 Å². The molecule has 0 spiro atoms. The highest BCUT2D eigenvalue weighted by Crippen LogP contribution is 2.24. The second kappa shape index (κ2) is 7.34. The summed E-state index contributed by atoms with van der Waals surface area (Å²) in [6.45, 7) is 9.01. The van der Waals surface area contributed by atoms with Gasteiger partial charge < -0.3 is 24.8 Å². The number of hydrogen-bond donors (Lipinski definition) is 2. The van der Waals surface area contributed by atoms with Crippen molar-refractivity contribution < 1.29 is 29.0 Å². The van der Waals surface area contributed by atoms with Gasteiger partial charge in [0.15, 0.2) is 0 Å². The van der Waals surface area contributed by atoms with E-state index in [-0.39, 0.29) is 32.5 Å². The molecule has 0 aromatic heterocycles. The van der Waals surface area contributed by atoms with Crippen LogP contribution in [0.1, 0.15) is 33.6 Å². The monoisotopic (exact) mass is 328 g/mol. The fraction of sp³-hybridized carbons (Fsp3) is 0.667. The van der Waals surface area contributed by atoms with Crippen molar-refractivity contribution in [3.05, 3.63) is 12.7 Å². The van der Waals surface area contributed by atoms with Crippen molar-refractivity contribution >= 4 is 18.2 Å². The summed E-state index contributed by atoms with van der Waals surface area (Å²) in [6.07, 6.45) is 0.219. The molecule has 1 heterocycles. The molecular formula is C15H24N2O6. The third-order valence-electron chi connectivity index (χ3n) is 3.35. The second-order valence-corrected chi connectivity index (χ2v) is 6.37. The highest BCUT2D eigenvalue weighted by Gasteiger charge is 2.44. The van der Waals surface area contributed by atoms with Crippen LogP contribution in [-0.4, -0.2) is 59.0 Å². The first-order valence-corrected chi connectivity index (χ1v) is 7.37. The Bertz CT molecular complexity index is 475. The molecule has 1 saturated heterocycles. The lowest BCUT2D eigenvalue weighted by molar-refractivity contribution is -0.146. The molecule has 0 bridgehead atoms. The zero-order valence-electron chi connectivity index (χ0n) is 13.8. The fourth-order valence-corrected chi connectivity index (χ4v) is 2.16. The van der Waals surface area contributed by atoms with Gasteiger partial charge in [0.2, 0.25) is 0 Å². The van der Waals surface area contributed by atoms with Crippen molar-refractivity contribution in [1.29, 1.82) is 0 Å². The Morgan fingerprint density at radius 2 is 1.87 bits per heavy atom. The Morgan fingerprint density at radius 3 is 2.30 bits per heavy atom. The lowest BCUT2D eigenvalue weighted by Crippen LogP contribution is -2.61. The van der Waals surface area contributed by atoms with Crippen LogP contribution in [0.15, 0.2) is 12.7 Å². The summed E-state index contributed by atoms with van der Waals surface area (Å²) in [4.78, 5) is 36.6. The number of carbonyl (C=O) groups excluding carboxylic acids is 2. The molecule has 1 aliphatic rings. The first kappa shape index (κ1) is 18.8. The smallest absolute Gasteiger partial charge is 0.410 e. The molecular weight excluding hydrogens is 304 g/mol. The first-order chi connectivity index (χ1) is 10.6. The quantitative estimate of drug-likeness (QED) is 0.762. The van der Waals surface area contributed by atoms with Gasteiger partial charge >= 0.3 is 18.2 Å². The van der Waals surface area contributed by atoms with Gasteiger partial charge in [0.1, 0.15) is 17.7 Å². The van der Waals surface area contributed by atoms with Crippen molar-refractivity contribution in [2.45, 2.75) is 44.8 Å². The van der Waals surface area contributed by atoms with Gasteiger partial charge in [-0.1, -0.05) is 12.7 Å². The normalized spacial score (nSPS) is 17.1. The number of piperidine rings is 1. The SMILES string of the molecule is C=CCOC(=O)NC1(C(=O)O)CCN(C(=O)OC(C)(C)C)CC1. The number of hydrogen-bond acceptors (Lipinski definition) is 5. The molecule has 1 rings (SSSR count). The molecule has 0 unspecified atom stereocenters. The van der Waals surface area contributed by atoms with Crippen molar-refractivity contribution in [3.63, 3.8) is 0 Å². The minimum atomic E-state index is -1.45. The lowest BCUT2D eigenvalue weighted by Gasteiger charge is -2.39. The fourth-order valence-electron chi connectivity index (χ4n) is 2.16. The summed E-state index contributed by atoms with van der Waals surface area (Å²) in [7, 11) is 0. The Hall–Kier alpha value is -2.25. The molecule has 0 saturated carbocycles. The summed E-state index contributed by atoms with van der Waals surface area (Å²) in [5.74, 6) is -1.16. The summed E-state index contributed by atoms with van der Waals surface area (Å²) in [6, 6.07) is 0. The van der Waals surface area contributed by atoms with Crippen LogP contribution >= 0.6 is 0 Å². The van der Waals surface area contributed by atoms with Crippen LogP contribution in [0.5, 0.6) is 0 Å². The molecule has 0 aromatic rings. The van der Waals surface area contributed by atoms with E-state index >= 15 is 0 Å². The number of ether oxygens (including phenoxy) is 2. The maximum atomic E-state index is 12.0. The van der Waals surface area contributed by atoms with Crippen molar-refractivity contribution in [2.24, 2.45) is 0 Å². The average Bonchev–Trinajstić information content (AvgIpc) is 2.43. The third kappa shape index (κ3) is 5.46. The van der Waals surface area contributed by atoms with Crippen LogP contribution in [0.25, 0.3) is 0 Å². The largest absolute Gasteiger partial charge is 0.480 e. The summed E-state index contributed by atoms with van der Waals surface area (Å²) in [5, 5.41) is 11.8. The van der Waals surface area contributed by atoms with E-state index in [1.165, 1.54) is 11.0 Å². The van der Waals surface area contributed by atoms with E-state index in [4.69, 9.17) is 9.47 Å². The van der Waals surface area contributed by atoms with Crippen LogP contribution < -0.4 is 5.32 Å². The van der Waals surface area contributed by atoms with E-state index in [0.29, 0.717) is 0 Å². The van der Waals surface area contributed by atoms with E-state index in [1.54, 1.807) is 20.8 Å². The van der Waals surface area contributed by atoms with Gasteiger partial charge in [-0.2, -0.15) is 0 Å². The second-order valence-electron chi connectivity index (χ2n) is 6.37. The van der Waals surface area contributed by atoms with Crippen molar-refractivity contribution in [3.8, 4) is 0 Å². The summed E-state index contributed by atoms with van der Waals surface area (Å²) in [5.41, 5.74) is -2.07. The molecule has 1 fully saturated rings. The molecule has 1 aliphatic heterocycles. The first-order valence-electron chi connectivity index (χ1n) is 7.37. The number of amides is 2. The molecule has 0 atom stereocenters. The molecule has 0 aliphatic carbocycles. The Kier molecular flexibility index (Phi) is 6.00. The summed E-state index contributed by atoms with van der Waals surface area (Å²) < 4.78 is 10.0. The van der Waals surface area contributed by atoms with Gasteiger partial charge in [-0.05, 0) is 33.6 Å². The molecule has 2 amide bonds. The van der Waals surface area contributed by atoms with Crippen molar-refractivity contribution in [1.82, 2.24) is 10.2 Å². The van der Waals surface area contributed by atoms with E-state index in [2.05, 4.69) is 11.9 Å². The number of nitrogens with one attached hydrogen (secondary N) is 1. The molecule has 8 nitrogen and oxygen atoms in total. The number of nitrogens with zero attached hydrogens (tertiary/aromatic N) is 1. The summed E-state index contributed by atoms with van der Waals surface area (Å²) >= 11 is 0. The standard InChI is InChI=1S/C15H24N2O6/c1-5-10-22-12(20)16-15(11(18)19)6-8-17(9-7-15)13(21)23-14(2,3)4/h5H,1,6-10H2,2-4H3,(H,16,20)(H,18,19). The van der Waals surface area contributed by atoms with Gasteiger partial charge in [0.05, 0.1) is 0 Å². The number of carbonyl (C=O) groups is 3. The van der Waals surface area contributed by atoms with Crippen molar-refractivity contribution in [2.75, 3.05) is 19.7 Å². The zero-order chi connectivity index (χ0) is 17.7. The predicted molar refractivity (Wildman–Crippen MR) is 82.1 cm³/mol. The van der Waals surface area contributed by atoms with Crippen LogP contribution in [0.2, 0.25) is 0 Å². The molecule has 0 radical (unpaired) electrons. The van der Waals surface area contributed by atoms with Crippen LogP contribution in [0, 0.1) is 0 Å². The van der Waals surface area contributed by atoms with Gasteiger partial charge in [-0.15, -0.1) is 0 Å². The van der Waals surface area contributed by atoms with Gasteiger partial charge in [-0.3, -0.25) is 0 Å². The Balaban J connectivity index is 2.67. The average molecular weight is 328 g/mol. The Labute approximate surface area is 135 Å². The third-order valence-corrected chi connectivity index (χ3v) is 3.35. The minimum absolute atomic E-state index is 0.00837. The molecule has 130 valence electrons. The van der Waals surface area contributed by atoms with Gasteiger partial charge in [-0.25, -0.2) is 14.4 Å². The topological polar surface area (TPSA) is 105 Å². The number of carboxylic acid groups (broad SMARTS) is 1. The predicted octanol–water partition coefficient (Wildman–Crippen LogP) is 1.75. The number of rotatable bonds is 4. The number of carboxylic acids is 1. The maximum Gasteiger partial charge on any atom is 0.410 e.